The Balaban J connectivity index is 2.50. The Hall–Kier alpha value is -1.12. The Bertz CT molecular complexity index is 553. The number of guanidine groups is 1. The molecule has 0 aromatic carbocycles. The summed E-state index contributed by atoms with van der Waals surface area (Å²) in [6, 6.07) is 3.60. The van der Waals surface area contributed by atoms with Gasteiger partial charge in [-0.15, -0.1) is 11.3 Å². The van der Waals surface area contributed by atoms with Gasteiger partial charge in [-0.25, -0.2) is 13.1 Å². The third kappa shape index (κ3) is 6.33. The Morgan fingerprint density at radius 2 is 2.09 bits per heavy atom. The third-order valence-corrected chi connectivity index (χ3v) is 6.00. The van der Waals surface area contributed by atoms with Crippen LogP contribution >= 0.6 is 11.3 Å². The van der Waals surface area contributed by atoms with Gasteiger partial charge in [0.05, 0.1) is 6.54 Å². The van der Waals surface area contributed by atoms with Crippen LogP contribution in [0.1, 0.15) is 27.7 Å². The molecule has 0 amide bonds. The Kier molecular flexibility index (Phi) is 7.84. The monoisotopic (exact) mass is 346 g/mol. The van der Waals surface area contributed by atoms with Gasteiger partial charge < -0.3 is 10.6 Å². The van der Waals surface area contributed by atoms with Crippen molar-refractivity contribution in [3.63, 3.8) is 0 Å². The van der Waals surface area contributed by atoms with Crippen LogP contribution in [0.25, 0.3) is 0 Å². The highest BCUT2D eigenvalue weighted by molar-refractivity contribution is 7.91. The number of hydrogen-bond acceptors (Lipinski definition) is 4. The van der Waals surface area contributed by atoms with E-state index < -0.39 is 10.0 Å². The van der Waals surface area contributed by atoms with E-state index in [0.29, 0.717) is 28.7 Å². The highest BCUT2D eigenvalue weighted by atomic mass is 32.2. The largest absolute Gasteiger partial charge is 0.357 e. The van der Waals surface area contributed by atoms with E-state index in [4.69, 9.17) is 0 Å². The predicted octanol–water partition coefficient (Wildman–Crippen LogP) is 1.63. The molecule has 0 aliphatic heterocycles. The summed E-state index contributed by atoms with van der Waals surface area (Å²) in [6.45, 7) is 9.77. The Morgan fingerprint density at radius 3 is 2.64 bits per heavy atom. The minimum absolute atomic E-state index is 0.271. The molecule has 0 aliphatic rings. The maximum atomic E-state index is 12.0. The van der Waals surface area contributed by atoms with Gasteiger partial charge in [-0.05, 0) is 31.2 Å². The lowest BCUT2D eigenvalue weighted by Crippen LogP contribution is -2.44. The van der Waals surface area contributed by atoms with Gasteiger partial charge >= 0.3 is 0 Å². The number of nitrogens with one attached hydrogen (secondary N) is 3. The molecular weight excluding hydrogens is 320 g/mol. The van der Waals surface area contributed by atoms with E-state index >= 15 is 0 Å². The van der Waals surface area contributed by atoms with E-state index in [1.807, 2.05) is 6.92 Å². The molecule has 22 heavy (non-hydrogen) atoms. The maximum absolute atomic E-state index is 12.0. The number of hydrogen-bond donors (Lipinski definition) is 3. The minimum atomic E-state index is -3.41. The molecule has 0 aliphatic carbocycles. The molecule has 1 aromatic heterocycles. The number of rotatable bonds is 8. The molecule has 1 unspecified atom stereocenters. The SMILES string of the molecule is CCNC(=NCCNS(=O)(=O)c1cccs1)NC(C)C(C)C. The van der Waals surface area contributed by atoms with Crippen molar-refractivity contribution < 1.29 is 8.42 Å². The van der Waals surface area contributed by atoms with Gasteiger partial charge in [0.1, 0.15) is 4.21 Å². The van der Waals surface area contributed by atoms with Crippen LogP contribution in [0.15, 0.2) is 26.7 Å². The zero-order valence-corrected chi connectivity index (χ0v) is 15.2. The molecule has 0 radical (unpaired) electrons. The summed E-state index contributed by atoms with van der Waals surface area (Å²) in [6.07, 6.45) is 0. The maximum Gasteiger partial charge on any atom is 0.250 e. The summed E-state index contributed by atoms with van der Waals surface area (Å²) < 4.78 is 26.8. The van der Waals surface area contributed by atoms with Gasteiger partial charge in [0.15, 0.2) is 5.96 Å². The average molecular weight is 347 g/mol. The average Bonchev–Trinajstić information content (AvgIpc) is 2.98. The van der Waals surface area contributed by atoms with Crippen molar-refractivity contribution in [2.75, 3.05) is 19.6 Å². The lowest BCUT2D eigenvalue weighted by Gasteiger charge is -2.20. The lowest BCUT2D eigenvalue weighted by molar-refractivity contribution is 0.481. The van der Waals surface area contributed by atoms with Crippen molar-refractivity contribution in [3.05, 3.63) is 17.5 Å². The second kappa shape index (κ2) is 9.12. The quantitative estimate of drug-likeness (QED) is 0.379. The zero-order valence-electron chi connectivity index (χ0n) is 13.6. The molecule has 0 spiro atoms. The molecule has 6 nitrogen and oxygen atoms in total. The van der Waals surface area contributed by atoms with Gasteiger partial charge in [-0.3, -0.25) is 4.99 Å². The molecular formula is C14H26N4O2S2. The van der Waals surface area contributed by atoms with Crippen LogP contribution in [0.5, 0.6) is 0 Å². The fourth-order valence-electron chi connectivity index (χ4n) is 1.54. The standard InChI is InChI=1S/C14H26N4O2S2/c1-5-15-14(18-12(4)11(2)3)16-8-9-17-22(19,20)13-7-6-10-21-13/h6-7,10-12,17H,5,8-9H2,1-4H3,(H2,15,16,18). The van der Waals surface area contributed by atoms with Crippen molar-refractivity contribution in [3.8, 4) is 0 Å². The summed E-state index contributed by atoms with van der Waals surface area (Å²) in [5, 5.41) is 8.21. The summed E-state index contributed by atoms with van der Waals surface area (Å²) in [5.41, 5.74) is 0. The first-order chi connectivity index (χ1) is 10.4. The number of thiophene rings is 1. The van der Waals surface area contributed by atoms with Crippen LogP contribution < -0.4 is 15.4 Å². The normalized spacial score (nSPS) is 14.1. The predicted molar refractivity (Wildman–Crippen MR) is 92.9 cm³/mol. The summed E-state index contributed by atoms with van der Waals surface area (Å²) in [4.78, 5) is 4.39. The highest BCUT2D eigenvalue weighted by Crippen LogP contribution is 2.14. The molecule has 8 heteroatoms. The third-order valence-electron chi connectivity index (χ3n) is 3.14. The smallest absolute Gasteiger partial charge is 0.250 e. The lowest BCUT2D eigenvalue weighted by atomic mass is 10.1. The second-order valence-electron chi connectivity index (χ2n) is 5.27. The highest BCUT2D eigenvalue weighted by Gasteiger charge is 2.14. The molecule has 0 fully saturated rings. The van der Waals surface area contributed by atoms with Crippen molar-refractivity contribution in [1.29, 1.82) is 0 Å². The van der Waals surface area contributed by atoms with Gasteiger partial charge in [0, 0.05) is 19.1 Å². The van der Waals surface area contributed by atoms with Crippen LogP contribution in [0.4, 0.5) is 0 Å². The van der Waals surface area contributed by atoms with Crippen LogP contribution in [-0.4, -0.2) is 40.1 Å². The van der Waals surface area contributed by atoms with E-state index in [1.165, 1.54) is 11.3 Å². The molecule has 1 rings (SSSR count). The fraction of sp³-hybridized carbons (Fsp3) is 0.643. The van der Waals surface area contributed by atoms with Crippen LogP contribution in [-0.2, 0) is 10.0 Å². The van der Waals surface area contributed by atoms with Crippen molar-refractivity contribution in [2.24, 2.45) is 10.9 Å². The molecule has 1 heterocycles. The molecule has 1 aromatic rings. The molecule has 126 valence electrons. The summed E-state index contributed by atoms with van der Waals surface area (Å²) in [7, 11) is -3.41. The number of nitrogens with zero attached hydrogens (tertiary/aromatic N) is 1. The van der Waals surface area contributed by atoms with Crippen molar-refractivity contribution in [2.45, 2.75) is 37.9 Å². The van der Waals surface area contributed by atoms with E-state index in [1.54, 1.807) is 17.5 Å². The number of aliphatic imine (C=N–C) groups is 1. The van der Waals surface area contributed by atoms with E-state index in [9.17, 15) is 8.42 Å². The van der Waals surface area contributed by atoms with Crippen molar-refractivity contribution in [1.82, 2.24) is 15.4 Å². The van der Waals surface area contributed by atoms with Gasteiger partial charge in [-0.2, -0.15) is 0 Å². The van der Waals surface area contributed by atoms with E-state index in [0.717, 1.165) is 6.54 Å². The molecule has 0 saturated heterocycles. The first-order valence-corrected chi connectivity index (χ1v) is 9.81. The van der Waals surface area contributed by atoms with Crippen LogP contribution in [0.3, 0.4) is 0 Å². The van der Waals surface area contributed by atoms with Gasteiger partial charge in [0.25, 0.3) is 0 Å². The molecule has 0 saturated carbocycles. The molecule has 0 bridgehead atoms. The van der Waals surface area contributed by atoms with Crippen LogP contribution in [0.2, 0.25) is 0 Å². The van der Waals surface area contributed by atoms with E-state index in [-0.39, 0.29) is 6.54 Å². The summed E-state index contributed by atoms with van der Waals surface area (Å²) in [5.74, 6) is 1.19. The second-order valence-corrected chi connectivity index (χ2v) is 8.21. The summed E-state index contributed by atoms with van der Waals surface area (Å²) >= 11 is 1.20. The zero-order chi connectivity index (χ0) is 16.6. The first kappa shape index (κ1) is 18.9. The molecule has 3 N–H and O–H groups in total. The minimum Gasteiger partial charge on any atom is -0.357 e. The van der Waals surface area contributed by atoms with Crippen LogP contribution in [0, 0.1) is 5.92 Å². The molecule has 1 atom stereocenters. The number of sulfonamides is 1. The van der Waals surface area contributed by atoms with Gasteiger partial charge in [-0.1, -0.05) is 19.9 Å². The van der Waals surface area contributed by atoms with E-state index in [2.05, 4.69) is 41.1 Å². The van der Waals surface area contributed by atoms with Gasteiger partial charge in [0.2, 0.25) is 10.0 Å². The topological polar surface area (TPSA) is 82.6 Å². The fourth-order valence-corrected chi connectivity index (χ4v) is 3.60. The Labute approximate surface area is 137 Å². The van der Waals surface area contributed by atoms with Crippen molar-refractivity contribution >= 4 is 27.3 Å². The Morgan fingerprint density at radius 1 is 1.36 bits per heavy atom. The first-order valence-electron chi connectivity index (χ1n) is 7.44.